The number of aliphatic hydroxyl groups is 1. The number of rotatable bonds is 8. The average molecular weight is 419 g/mol. The van der Waals surface area contributed by atoms with Gasteiger partial charge in [-0.3, -0.25) is 4.57 Å². The Kier molecular flexibility index (Phi) is 5.94. The molecule has 0 aliphatic rings. The van der Waals surface area contributed by atoms with Gasteiger partial charge in [0.2, 0.25) is 0 Å². The number of hydrogen-bond acceptors (Lipinski definition) is 7. The molecule has 0 amide bonds. The Bertz CT molecular complexity index is 1230. The van der Waals surface area contributed by atoms with Crippen molar-refractivity contribution in [2.24, 2.45) is 0 Å². The predicted octanol–water partition coefficient (Wildman–Crippen LogP) is 2.51. The number of unbranched alkanes of at least 4 members (excludes halogenated alkanes) is 1. The Morgan fingerprint density at radius 2 is 1.87 bits per heavy atom. The van der Waals surface area contributed by atoms with E-state index in [9.17, 15) is 4.79 Å². The van der Waals surface area contributed by atoms with Gasteiger partial charge in [0.25, 0.3) is 0 Å². The molecule has 0 aliphatic carbocycles. The van der Waals surface area contributed by atoms with Gasteiger partial charge in [0.1, 0.15) is 17.2 Å². The van der Waals surface area contributed by atoms with Gasteiger partial charge in [-0.05, 0) is 55.5 Å². The van der Waals surface area contributed by atoms with Gasteiger partial charge in [0.05, 0.1) is 6.54 Å². The van der Waals surface area contributed by atoms with Crippen LogP contribution >= 0.6 is 0 Å². The molecule has 31 heavy (non-hydrogen) atoms. The number of H-pyrrole nitrogens is 1. The van der Waals surface area contributed by atoms with Gasteiger partial charge >= 0.3 is 5.69 Å². The third kappa shape index (κ3) is 4.72. The Labute approximate surface area is 179 Å². The van der Waals surface area contributed by atoms with E-state index in [1.165, 1.54) is 10.1 Å². The molecule has 3 heterocycles. The molecule has 0 atom stereocenters. The molecule has 0 aliphatic heterocycles. The maximum atomic E-state index is 12.4. The number of nitrogen functional groups attached to an aromatic ring is 1. The Balaban J connectivity index is 1.45. The molecule has 0 bridgehead atoms. The molecule has 4 aromatic rings. The summed E-state index contributed by atoms with van der Waals surface area (Å²) < 4.78 is 1.53. The molecule has 0 saturated carbocycles. The number of imidazole rings is 1. The normalized spacial score (nSPS) is 11.2. The molecule has 4 rings (SSSR count). The van der Waals surface area contributed by atoms with Gasteiger partial charge in [0, 0.05) is 18.5 Å². The Morgan fingerprint density at radius 1 is 1.10 bits per heavy atom. The molecular formula is C22H25N7O2. The van der Waals surface area contributed by atoms with Crippen molar-refractivity contribution < 1.29 is 5.11 Å². The number of nitrogens with one attached hydrogen (secondary N) is 2. The van der Waals surface area contributed by atoms with Crippen LogP contribution in [0.15, 0.2) is 47.4 Å². The third-order valence-corrected chi connectivity index (χ3v) is 5.03. The quantitative estimate of drug-likeness (QED) is 0.322. The number of pyridine rings is 1. The lowest BCUT2D eigenvalue weighted by atomic mass is 10.1. The molecule has 3 aromatic heterocycles. The fourth-order valence-electron chi connectivity index (χ4n) is 3.43. The molecule has 0 radical (unpaired) electrons. The molecule has 0 saturated heterocycles. The standard InChI is InChI=1S/C22H25N7O2/c1-14-25-20(23)19-21(26-14)29(22(31)28-19)13-16-7-10-18(24-12-16)27-17-8-5-15(6-9-17)4-2-3-11-30/h5-10,12,30H,2-4,11,13H2,1H3,(H,24,27)(H,28,31)(H2,23,25,26). The van der Waals surface area contributed by atoms with Crippen molar-refractivity contribution in [3.8, 4) is 0 Å². The number of aryl methyl sites for hydroxylation is 2. The van der Waals surface area contributed by atoms with Crippen LogP contribution in [0.2, 0.25) is 0 Å². The minimum Gasteiger partial charge on any atom is -0.396 e. The largest absolute Gasteiger partial charge is 0.396 e. The summed E-state index contributed by atoms with van der Waals surface area (Å²) in [7, 11) is 0. The summed E-state index contributed by atoms with van der Waals surface area (Å²) in [5.74, 6) is 1.48. The number of hydrogen-bond donors (Lipinski definition) is 4. The first-order chi connectivity index (χ1) is 15.0. The summed E-state index contributed by atoms with van der Waals surface area (Å²) in [6, 6.07) is 12.0. The molecule has 5 N–H and O–H groups in total. The monoisotopic (exact) mass is 419 g/mol. The summed E-state index contributed by atoms with van der Waals surface area (Å²) in [4.78, 5) is 28.0. The summed E-state index contributed by atoms with van der Waals surface area (Å²) in [5, 5.41) is 12.2. The van der Waals surface area contributed by atoms with E-state index in [1.807, 2.05) is 24.3 Å². The number of anilines is 3. The van der Waals surface area contributed by atoms with Crippen LogP contribution in [0.4, 0.5) is 17.3 Å². The van der Waals surface area contributed by atoms with E-state index < -0.39 is 0 Å². The third-order valence-electron chi connectivity index (χ3n) is 5.03. The van der Waals surface area contributed by atoms with Crippen LogP contribution in [0.3, 0.4) is 0 Å². The molecular weight excluding hydrogens is 394 g/mol. The smallest absolute Gasteiger partial charge is 0.328 e. The van der Waals surface area contributed by atoms with E-state index in [-0.39, 0.29) is 18.1 Å². The number of aliphatic hydroxyl groups excluding tert-OH is 1. The number of benzene rings is 1. The molecule has 9 heteroatoms. The second kappa shape index (κ2) is 8.97. The van der Waals surface area contributed by atoms with Crippen LogP contribution in [0, 0.1) is 6.92 Å². The Hall–Kier alpha value is -3.72. The molecule has 160 valence electrons. The number of aromatic amines is 1. The number of nitrogens with zero attached hydrogens (tertiary/aromatic N) is 4. The van der Waals surface area contributed by atoms with E-state index in [0.29, 0.717) is 29.4 Å². The van der Waals surface area contributed by atoms with Gasteiger partial charge in [-0.2, -0.15) is 0 Å². The fraction of sp³-hybridized carbons (Fsp3) is 0.273. The zero-order valence-corrected chi connectivity index (χ0v) is 17.3. The second-order valence-electron chi connectivity index (χ2n) is 7.43. The van der Waals surface area contributed by atoms with Crippen molar-refractivity contribution in [3.63, 3.8) is 0 Å². The molecule has 9 nitrogen and oxygen atoms in total. The van der Waals surface area contributed by atoms with Crippen molar-refractivity contribution in [2.45, 2.75) is 32.7 Å². The summed E-state index contributed by atoms with van der Waals surface area (Å²) >= 11 is 0. The SMILES string of the molecule is Cc1nc(N)c2[nH]c(=O)n(Cc3ccc(Nc4ccc(CCCCO)cc4)nc3)c2n1. The van der Waals surface area contributed by atoms with Crippen LogP contribution < -0.4 is 16.7 Å². The highest BCUT2D eigenvalue weighted by molar-refractivity contribution is 5.81. The van der Waals surface area contributed by atoms with Crippen LogP contribution in [0.25, 0.3) is 11.2 Å². The van der Waals surface area contributed by atoms with Crippen LogP contribution in [-0.2, 0) is 13.0 Å². The maximum Gasteiger partial charge on any atom is 0.328 e. The number of fused-ring (bicyclic) bond motifs is 1. The molecule has 0 fully saturated rings. The van der Waals surface area contributed by atoms with Crippen molar-refractivity contribution in [2.75, 3.05) is 17.7 Å². The lowest BCUT2D eigenvalue weighted by Crippen LogP contribution is -2.18. The average Bonchev–Trinajstić information content (AvgIpc) is 3.07. The zero-order valence-electron chi connectivity index (χ0n) is 17.3. The van der Waals surface area contributed by atoms with E-state index >= 15 is 0 Å². The Morgan fingerprint density at radius 3 is 2.58 bits per heavy atom. The fourth-order valence-corrected chi connectivity index (χ4v) is 3.43. The van der Waals surface area contributed by atoms with Gasteiger partial charge in [-0.1, -0.05) is 18.2 Å². The lowest BCUT2D eigenvalue weighted by Gasteiger charge is -2.08. The van der Waals surface area contributed by atoms with Crippen LogP contribution in [0.5, 0.6) is 0 Å². The topological polar surface area (TPSA) is 135 Å². The second-order valence-corrected chi connectivity index (χ2v) is 7.43. The van der Waals surface area contributed by atoms with Gasteiger partial charge in [0.15, 0.2) is 11.5 Å². The number of aromatic nitrogens is 5. The minimum atomic E-state index is -0.289. The van der Waals surface area contributed by atoms with Crippen LogP contribution in [0.1, 0.15) is 29.8 Å². The van der Waals surface area contributed by atoms with Crippen molar-refractivity contribution >= 4 is 28.5 Å². The zero-order chi connectivity index (χ0) is 21.8. The van der Waals surface area contributed by atoms with E-state index in [0.717, 1.165) is 30.5 Å². The van der Waals surface area contributed by atoms with Crippen LogP contribution in [-0.4, -0.2) is 36.2 Å². The summed E-state index contributed by atoms with van der Waals surface area (Å²) in [6.07, 6.45) is 4.48. The highest BCUT2D eigenvalue weighted by Crippen LogP contribution is 2.18. The van der Waals surface area contributed by atoms with Crippen molar-refractivity contribution in [1.82, 2.24) is 24.5 Å². The van der Waals surface area contributed by atoms with Crippen molar-refractivity contribution in [3.05, 3.63) is 70.0 Å². The van der Waals surface area contributed by atoms with Gasteiger partial charge in [-0.25, -0.2) is 19.7 Å². The van der Waals surface area contributed by atoms with Gasteiger partial charge in [-0.15, -0.1) is 0 Å². The van der Waals surface area contributed by atoms with E-state index in [1.54, 1.807) is 13.1 Å². The van der Waals surface area contributed by atoms with Gasteiger partial charge < -0.3 is 21.1 Å². The molecule has 1 aromatic carbocycles. The summed E-state index contributed by atoms with van der Waals surface area (Å²) in [5.41, 5.74) is 9.59. The number of nitrogens with two attached hydrogens (primary N) is 1. The first kappa shape index (κ1) is 20.5. The first-order valence-electron chi connectivity index (χ1n) is 10.2. The minimum absolute atomic E-state index is 0.234. The summed E-state index contributed by atoms with van der Waals surface area (Å²) in [6.45, 7) is 2.30. The van der Waals surface area contributed by atoms with E-state index in [2.05, 4.69) is 37.4 Å². The maximum absolute atomic E-state index is 12.4. The molecule has 0 spiro atoms. The van der Waals surface area contributed by atoms with Crippen molar-refractivity contribution in [1.29, 1.82) is 0 Å². The highest BCUT2D eigenvalue weighted by Gasteiger charge is 2.13. The first-order valence-corrected chi connectivity index (χ1v) is 10.2. The highest BCUT2D eigenvalue weighted by atomic mass is 16.2. The van der Waals surface area contributed by atoms with E-state index in [4.69, 9.17) is 10.8 Å². The molecule has 0 unspecified atom stereocenters. The predicted molar refractivity (Wildman–Crippen MR) is 120 cm³/mol. The lowest BCUT2D eigenvalue weighted by molar-refractivity contribution is 0.284.